The summed E-state index contributed by atoms with van der Waals surface area (Å²) in [5.41, 5.74) is 1.09. The fourth-order valence-corrected chi connectivity index (χ4v) is 0.434. The summed E-state index contributed by atoms with van der Waals surface area (Å²) < 4.78 is 0. The smallest absolute Gasteiger partial charge is 0.216 e. The molecule has 0 unspecified atom stereocenters. The van der Waals surface area contributed by atoms with Crippen LogP contribution in [0.15, 0.2) is 36.5 Å². The van der Waals surface area contributed by atoms with Crippen LogP contribution < -0.4 is 5.32 Å². The highest BCUT2D eigenvalue weighted by Gasteiger charge is 1.72. The minimum absolute atomic E-state index is 0.00463. The van der Waals surface area contributed by atoms with E-state index in [0.29, 0.717) is 0 Å². The van der Waals surface area contributed by atoms with Gasteiger partial charge in [-0.2, -0.15) is 0 Å². The Bertz CT molecular complexity index is 215. The molecule has 0 fully saturated rings. The average Bonchev–Trinajstić information content (AvgIpc) is 2.28. The Morgan fingerprint density at radius 3 is 1.94 bits per heavy atom. The van der Waals surface area contributed by atoms with Crippen molar-refractivity contribution in [2.75, 3.05) is 7.05 Å². The molecule has 0 heterocycles. The molecular weight excluding hydrogens is 198 g/mol. The maximum absolute atomic E-state index is 9.70. The van der Waals surface area contributed by atoms with E-state index in [1.165, 1.54) is 6.92 Å². The van der Waals surface area contributed by atoms with Gasteiger partial charge in [-0.15, -0.1) is 0 Å². The zero-order valence-electron chi connectivity index (χ0n) is 11.6. The van der Waals surface area contributed by atoms with E-state index in [-0.39, 0.29) is 5.91 Å². The summed E-state index contributed by atoms with van der Waals surface area (Å²) >= 11 is 0. The summed E-state index contributed by atoms with van der Waals surface area (Å²) in [5, 5.41) is 2.39. The molecule has 0 saturated carbocycles. The summed E-state index contributed by atoms with van der Waals surface area (Å²) in [7, 11) is 1.60. The van der Waals surface area contributed by atoms with Gasteiger partial charge in [0.1, 0.15) is 0 Å². The summed E-state index contributed by atoms with van der Waals surface area (Å²) in [4.78, 5) is 9.70. The third-order valence-electron chi connectivity index (χ3n) is 1.22. The Labute approximate surface area is 101 Å². The molecule has 1 N–H and O–H groups in total. The molecule has 0 aromatic rings. The van der Waals surface area contributed by atoms with Gasteiger partial charge in [0.05, 0.1) is 0 Å². The van der Waals surface area contributed by atoms with Crippen molar-refractivity contribution in [3.63, 3.8) is 0 Å². The van der Waals surface area contributed by atoms with Crippen LogP contribution in [-0.4, -0.2) is 13.0 Å². The number of carbonyl (C=O) groups is 1. The standard InChI is InChI=1S/C9H14.C3H7NO.C2H6/c1-4-5-6-7-8-9(2)3;1-3(5)4-2;1-2/h5-8H,2,4H2,1,3H3;1-2H3,(H,4,5);1-2H3/b6-5-,8-7-;;. The van der Waals surface area contributed by atoms with Crippen LogP contribution in [0.2, 0.25) is 0 Å². The van der Waals surface area contributed by atoms with E-state index in [4.69, 9.17) is 0 Å². The Morgan fingerprint density at radius 1 is 1.25 bits per heavy atom. The molecule has 0 aliphatic carbocycles. The summed E-state index contributed by atoms with van der Waals surface area (Å²) in [6.07, 6.45) is 9.24. The van der Waals surface area contributed by atoms with Crippen LogP contribution in [0.25, 0.3) is 0 Å². The van der Waals surface area contributed by atoms with Gasteiger partial charge in [0.25, 0.3) is 0 Å². The first kappa shape index (κ1) is 20.1. The van der Waals surface area contributed by atoms with E-state index in [1.807, 2.05) is 39.0 Å². The minimum atomic E-state index is 0.00463. The maximum Gasteiger partial charge on any atom is 0.216 e. The molecule has 0 saturated heterocycles. The van der Waals surface area contributed by atoms with Crippen molar-refractivity contribution < 1.29 is 4.79 Å². The van der Waals surface area contributed by atoms with Gasteiger partial charge in [-0.1, -0.05) is 57.2 Å². The summed E-state index contributed by atoms with van der Waals surface area (Å²) in [6.45, 7) is 13.3. The van der Waals surface area contributed by atoms with E-state index >= 15 is 0 Å². The lowest BCUT2D eigenvalue weighted by molar-refractivity contribution is -0.118. The topological polar surface area (TPSA) is 29.1 Å². The van der Waals surface area contributed by atoms with Crippen LogP contribution >= 0.6 is 0 Å². The number of amides is 1. The maximum atomic E-state index is 9.70. The van der Waals surface area contributed by atoms with Crippen molar-refractivity contribution in [3.8, 4) is 0 Å². The zero-order valence-corrected chi connectivity index (χ0v) is 11.6. The Hall–Kier alpha value is -1.31. The highest BCUT2D eigenvalue weighted by molar-refractivity contribution is 5.72. The lowest BCUT2D eigenvalue weighted by Crippen LogP contribution is -2.11. The molecule has 0 spiro atoms. The van der Waals surface area contributed by atoms with Gasteiger partial charge < -0.3 is 5.32 Å². The van der Waals surface area contributed by atoms with Crippen molar-refractivity contribution in [3.05, 3.63) is 36.5 Å². The SMILES string of the molecule is C=C(C)/C=C\C=C/CC.CC.CNC(C)=O. The van der Waals surface area contributed by atoms with Gasteiger partial charge >= 0.3 is 0 Å². The van der Waals surface area contributed by atoms with Gasteiger partial charge in [0, 0.05) is 14.0 Å². The van der Waals surface area contributed by atoms with Gasteiger partial charge in [0.15, 0.2) is 0 Å². The van der Waals surface area contributed by atoms with Crippen LogP contribution in [0.4, 0.5) is 0 Å². The number of allylic oxidation sites excluding steroid dienone is 5. The molecule has 0 aromatic carbocycles. The molecule has 2 heteroatoms. The first-order valence-corrected chi connectivity index (χ1v) is 5.71. The zero-order chi connectivity index (χ0) is 13.4. The van der Waals surface area contributed by atoms with Crippen molar-refractivity contribution in [2.45, 2.75) is 41.0 Å². The molecular formula is C14H27NO. The largest absolute Gasteiger partial charge is 0.359 e. The number of nitrogens with one attached hydrogen (secondary N) is 1. The molecule has 0 atom stereocenters. The van der Waals surface area contributed by atoms with Gasteiger partial charge in [-0.05, 0) is 13.3 Å². The summed E-state index contributed by atoms with van der Waals surface area (Å²) in [6, 6.07) is 0. The van der Waals surface area contributed by atoms with Gasteiger partial charge in [0.2, 0.25) is 5.91 Å². The first-order valence-electron chi connectivity index (χ1n) is 5.71. The van der Waals surface area contributed by atoms with Gasteiger partial charge in [-0.25, -0.2) is 0 Å². The molecule has 0 aromatic heterocycles. The second-order valence-electron chi connectivity index (χ2n) is 2.85. The fourth-order valence-electron chi connectivity index (χ4n) is 0.434. The molecule has 0 radical (unpaired) electrons. The first-order chi connectivity index (χ1) is 7.54. The van der Waals surface area contributed by atoms with Crippen LogP contribution in [0, 0.1) is 0 Å². The van der Waals surface area contributed by atoms with Crippen molar-refractivity contribution in [1.82, 2.24) is 5.32 Å². The van der Waals surface area contributed by atoms with E-state index in [1.54, 1.807) is 7.05 Å². The number of hydrogen-bond donors (Lipinski definition) is 1. The van der Waals surface area contributed by atoms with Crippen molar-refractivity contribution >= 4 is 5.91 Å². The predicted octanol–water partition coefficient (Wildman–Crippen LogP) is 3.86. The van der Waals surface area contributed by atoms with Crippen LogP contribution in [0.5, 0.6) is 0 Å². The molecule has 0 bridgehead atoms. The molecule has 0 rings (SSSR count). The minimum Gasteiger partial charge on any atom is -0.359 e. The lowest BCUT2D eigenvalue weighted by Gasteiger charge is -1.80. The molecule has 94 valence electrons. The van der Waals surface area contributed by atoms with Crippen LogP contribution in [0.1, 0.15) is 41.0 Å². The second-order valence-corrected chi connectivity index (χ2v) is 2.85. The number of carbonyl (C=O) groups excluding carboxylic acids is 1. The quantitative estimate of drug-likeness (QED) is 0.726. The highest BCUT2D eigenvalue weighted by atomic mass is 16.1. The van der Waals surface area contributed by atoms with E-state index in [2.05, 4.69) is 24.9 Å². The predicted molar refractivity (Wildman–Crippen MR) is 74.5 cm³/mol. The van der Waals surface area contributed by atoms with E-state index < -0.39 is 0 Å². The molecule has 0 aliphatic heterocycles. The average molecular weight is 225 g/mol. The van der Waals surface area contributed by atoms with Crippen molar-refractivity contribution in [1.29, 1.82) is 0 Å². The van der Waals surface area contributed by atoms with Crippen LogP contribution in [-0.2, 0) is 4.79 Å². The molecule has 0 aliphatic rings. The van der Waals surface area contributed by atoms with E-state index in [0.717, 1.165) is 12.0 Å². The van der Waals surface area contributed by atoms with E-state index in [9.17, 15) is 4.79 Å². The number of hydrogen-bond acceptors (Lipinski definition) is 1. The fraction of sp³-hybridized carbons (Fsp3) is 0.500. The monoisotopic (exact) mass is 225 g/mol. The Morgan fingerprint density at radius 2 is 1.69 bits per heavy atom. The molecule has 2 nitrogen and oxygen atoms in total. The lowest BCUT2D eigenvalue weighted by atomic mass is 10.3. The third-order valence-corrected chi connectivity index (χ3v) is 1.22. The van der Waals surface area contributed by atoms with Gasteiger partial charge in [-0.3, -0.25) is 4.79 Å². The Kier molecular flexibility index (Phi) is 24.3. The second kappa shape index (κ2) is 19.3. The van der Waals surface area contributed by atoms with Crippen molar-refractivity contribution in [2.24, 2.45) is 0 Å². The third kappa shape index (κ3) is 38.7. The highest BCUT2D eigenvalue weighted by Crippen LogP contribution is 1.89. The Balaban J connectivity index is -0.000000205. The normalized spacial score (nSPS) is 8.88. The molecule has 16 heavy (non-hydrogen) atoms. The summed E-state index contributed by atoms with van der Waals surface area (Å²) in [5.74, 6) is 0.00463. The number of rotatable bonds is 3. The van der Waals surface area contributed by atoms with Crippen LogP contribution in [0.3, 0.4) is 0 Å². The molecule has 1 amide bonds.